The van der Waals surface area contributed by atoms with Crippen LogP contribution in [0.1, 0.15) is 11.1 Å². The fourth-order valence-electron chi connectivity index (χ4n) is 3.72. The summed E-state index contributed by atoms with van der Waals surface area (Å²) in [5.41, 5.74) is 4.89. The molecule has 1 fully saturated rings. The molecular weight excluding hydrogens is 338 g/mol. The van der Waals surface area contributed by atoms with Crippen LogP contribution < -0.4 is 20.4 Å². The third-order valence-electron chi connectivity index (χ3n) is 5.15. The molecule has 0 atom stereocenters. The number of rotatable bonds is 3. The average Bonchev–Trinajstić information content (AvgIpc) is 3.13. The molecule has 2 N–H and O–H groups in total. The van der Waals surface area contributed by atoms with E-state index in [0.29, 0.717) is 19.6 Å². The first-order chi connectivity index (χ1) is 13.2. The van der Waals surface area contributed by atoms with Gasteiger partial charge in [0.2, 0.25) is 5.91 Å². The first kappa shape index (κ1) is 17.4. The molecule has 4 rings (SSSR count). The molecule has 2 aromatic rings. The van der Waals surface area contributed by atoms with Crippen molar-refractivity contribution in [1.82, 2.24) is 10.6 Å². The molecule has 27 heavy (non-hydrogen) atoms. The molecule has 140 valence electrons. The number of guanidine groups is 1. The van der Waals surface area contributed by atoms with E-state index in [9.17, 15) is 4.79 Å². The smallest absolute Gasteiger partial charge is 0.239 e. The zero-order valence-corrected chi connectivity index (χ0v) is 15.6. The summed E-state index contributed by atoms with van der Waals surface area (Å²) in [5.74, 6) is 0.985. The Morgan fingerprint density at radius 3 is 2.74 bits per heavy atom. The Morgan fingerprint density at radius 1 is 1.15 bits per heavy atom. The Bertz CT molecular complexity index is 846. The summed E-state index contributed by atoms with van der Waals surface area (Å²) >= 11 is 0. The Morgan fingerprint density at radius 2 is 1.96 bits per heavy atom. The number of nitrogens with zero attached hydrogens (tertiary/aromatic N) is 3. The predicted molar refractivity (Wildman–Crippen MR) is 109 cm³/mol. The second kappa shape index (κ2) is 7.70. The lowest BCUT2D eigenvalue weighted by Gasteiger charge is -2.28. The van der Waals surface area contributed by atoms with Gasteiger partial charge in [-0.15, -0.1) is 0 Å². The van der Waals surface area contributed by atoms with Gasteiger partial charge < -0.3 is 20.4 Å². The van der Waals surface area contributed by atoms with E-state index in [1.165, 1.54) is 16.8 Å². The van der Waals surface area contributed by atoms with Gasteiger partial charge in [-0.3, -0.25) is 9.79 Å². The lowest BCUT2D eigenvalue weighted by molar-refractivity contribution is -0.120. The van der Waals surface area contributed by atoms with Crippen molar-refractivity contribution in [3.05, 3.63) is 59.7 Å². The van der Waals surface area contributed by atoms with Gasteiger partial charge in [0, 0.05) is 44.6 Å². The van der Waals surface area contributed by atoms with Gasteiger partial charge in [-0.1, -0.05) is 30.3 Å². The zero-order valence-electron chi connectivity index (χ0n) is 15.6. The van der Waals surface area contributed by atoms with Gasteiger partial charge in [0.25, 0.3) is 0 Å². The van der Waals surface area contributed by atoms with Gasteiger partial charge in [0.15, 0.2) is 5.96 Å². The Kier molecular flexibility index (Phi) is 4.96. The molecule has 2 heterocycles. The highest BCUT2D eigenvalue weighted by Crippen LogP contribution is 2.27. The fraction of sp³-hybridized carbons (Fsp3) is 0.333. The highest BCUT2D eigenvalue weighted by atomic mass is 16.2. The van der Waals surface area contributed by atoms with E-state index in [1.54, 1.807) is 0 Å². The number of nitrogens with one attached hydrogen (secondary N) is 2. The molecule has 6 nitrogen and oxygen atoms in total. The van der Waals surface area contributed by atoms with Crippen LogP contribution in [0.2, 0.25) is 0 Å². The monoisotopic (exact) mass is 363 g/mol. The van der Waals surface area contributed by atoms with Crippen LogP contribution in [0.4, 0.5) is 11.4 Å². The molecule has 1 amide bonds. The largest absolute Gasteiger partial charge is 0.360 e. The molecule has 0 aromatic heterocycles. The molecular formula is C21H25N5O. The molecule has 0 unspecified atom stereocenters. The molecule has 0 bridgehead atoms. The van der Waals surface area contributed by atoms with Gasteiger partial charge in [0.1, 0.15) is 0 Å². The van der Waals surface area contributed by atoms with Gasteiger partial charge in [0.05, 0.1) is 6.54 Å². The maximum atomic E-state index is 11.6. The first-order valence-corrected chi connectivity index (χ1v) is 9.41. The van der Waals surface area contributed by atoms with Crippen LogP contribution in [0.15, 0.2) is 53.5 Å². The predicted octanol–water partition coefficient (Wildman–Crippen LogP) is 1.76. The van der Waals surface area contributed by atoms with E-state index in [-0.39, 0.29) is 5.91 Å². The lowest BCUT2D eigenvalue weighted by atomic mass is 10.2. The number of carbonyl (C=O) groups is 1. The van der Waals surface area contributed by atoms with E-state index >= 15 is 0 Å². The van der Waals surface area contributed by atoms with Crippen molar-refractivity contribution in [1.29, 1.82) is 0 Å². The van der Waals surface area contributed by atoms with Gasteiger partial charge in [-0.25, -0.2) is 0 Å². The third kappa shape index (κ3) is 3.74. The molecule has 1 saturated heterocycles. The lowest BCUT2D eigenvalue weighted by Crippen LogP contribution is -2.47. The van der Waals surface area contributed by atoms with E-state index < -0.39 is 0 Å². The van der Waals surface area contributed by atoms with Crippen molar-refractivity contribution in [2.75, 3.05) is 43.0 Å². The molecule has 2 aromatic carbocycles. The third-order valence-corrected chi connectivity index (χ3v) is 5.15. The van der Waals surface area contributed by atoms with Crippen molar-refractivity contribution < 1.29 is 4.79 Å². The van der Waals surface area contributed by atoms with Crippen LogP contribution in [-0.2, 0) is 17.8 Å². The summed E-state index contributed by atoms with van der Waals surface area (Å²) in [5, 5.41) is 6.33. The number of hydrogen-bond donors (Lipinski definition) is 2. The normalized spacial score (nSPS) is 16.9. The summed E-state index contributed by atoms with van der Waals surface area (Å²) in [6.45, 7) is 3.65. The number of carbonyl (C=O) groups excluding carboxylic acids is 1. The first-order valence-electron chi connectivity index (χ1n) is 9.41. The van der Waals surface area contributed by atoms with Crippen LogP contribution in [0.5, 0.6) is 0 Å². The minimum absolute atomic E-state index is 0.0849. The molecule has 6 heteroatoms. The summed E-state index contributed by atoms with van der Waals surface area (Å²) in [4.78, 5) is 20.4. The number of aliphatic imine (C=N–C) groups is 1. The maximum absolute atomic E-state index is 11.6. The standard InChI is InChI=1S/C21H25N5O/c1-22-21(26-12-10-17-4-2-3-5-19(17)26)24-14-16-6-8-18(9-7-16)25-13-11-23-20(27)15-25/h2-9H,10-15H2,1H3,(H,22,24)(H,23,27). The molecule has 0 aliphatic carbocycles. The number of benzene rings is 2. The Hall–Kier alpha value is -3.02. The minimum Gasteiger partial charge on any atom is -0.360 e. The second-order valence-corrected chi connectivity index (χ2v) is 6.87. The van der Waals surface area contributed by atoms with Crippen molar-refractivity contribution >= 4 is 23.2 Å². The van der Waals surface area contributed by atoms with Crippen molar-refractivity contribution in [3.63, 3.8) is 0 Å². The molecule has 2 aliphatic heterocycles. The number of hydrogen-bond acceptors (Lipinski definition) is 3. The Balaban J connectivity index is 1.39. The van der Waals surface area contributed by atoms with E-state index in [2.05, 4.69) is 74.0 Å². The van der Waals surface area contributed by atoms with Gasteiger partial charge in [-0.05, 0) is 35.7 Å². The van der Waals surface area contributed by atoms with Crippen LogP contribution in [0.3, 0.4) is 0 Å². The SMILES string of the molecule is CN=C(NCc1ccc(N2CCNC(=O)C2)cc1)N1CCc2ccccc21. The van der Waals surface area contributed by atoms with E-state index in [1.807, 2.05) is 7.05 Å². The number of para-hydroxylation sites is 1. The maximum Gasteiger partial charge on any atom is 0.239 e. The van der Waals surface area contributed by atoms with Crippen LogP contribution in [-0.4, -0.2) is 45.1 Å². The average molecular weight is 363 g/mol. The van der Waals surface area contributed by atoms with Crippen LogP contribution in [0.25, 0.3) is 0 Å². The van der Waals surface area contributed by atoms with Crippen molar-refractivity contribution in [2.24, 2.45) is 4.99 Å². The number of amides is 1. The zero-order chi connectivity index (χ0) is 18.6. The number of piperazine rings is 1. The summed E-state index contributed by atoms with van der Waals surface area (Å²) in [6, 6.07) is 16.9. The van der Waals surface area contributed by atoms with Crippen LogP contribution in [0, 0.1) is 0 Å². The van der Waals surface area contributed by atoms with Crippen molar-refractivity contribution in [3.8, 4) is 0 Å². The van der Waals surface area contributed by atoms with E-state index in [4.69, 9.17) is 0 Å². The van der Waals surface area contributed by atoms with Gasteiger partial charge in [-0.2, -0.15) is 0 Å². The van der Waals surface area contributed by atoms with E-state index in [0.717, 1.165) is 31.2 Å². The number of fused-ring (bicyclic) bond motifs is 1. The topological polar surface area (TPSA) is 60.0 Å². The minimum atomic E-state index is 0.0849. The number of anilines is 2. The highest BCUT2D eigenvalue weighted by molar-refractivity contribution is 5.97. The quantitative estimate of drug-likeness (QED) is 0.644. The fourth-order valence-corrected chi connectivity index (χ4v) is 3.72. The molecule has 0 saturated carbocycles. The van der Waals surface area contributed by atoms with Gasteiger partial charge >= 0.3 is 0 Å². The molecule has 0 radical (unpaired) electrons. The summed E-state index contributed by atoms with van der Waals surface area (Å²) in [6.07, 6.45) is 1.05. The van der Waals surface area contributed by atoms with Crippen LogP contribution >= 0.6 is 0 Å². The summed E-state index contributed by atoms with van der Waals surface area (Å²) < 4.78 is 0. The molecule has 2 aliphatic rings. The molecule has 0 spiro atoms. The second-order valence-electron chi connectivity index (χ2n) is 6.87. The van der Waals surface area contributed by atoms with Crippen molar-refractivity contribution in [2.45, 2.75) is 13.0 Å². The highest BCUT2D eigenvalue weighted by Gasteiger charge is 2.22. The summed E-state index contributed by atoms with van der Waals surface area (Å²) in [7, 11) is 1.83. The Labute approximate surface area is 159 Å².